The molecule has 2 heterocycles. The van der Waals surface area contributed by atoms with Gasteiger partial charge in [-0.1, -0.05) is 48.5 Å². The monoisotopic (exact) mass is 388 g/mol. The summed E-state index contributed by atoms with van der Waals surface area (Å²) in [7, 11) is 0. The average molecular weight is 388 g/mol. The second-order valence-corrected chi connectivity index (χ2v) is 6.78. The van der Waals surface area contributed by atoms with Gasteiger partial charge in [-0.25, -0.2) is 9.55 Å². The van der Waals surface area contributed by atoms with Gasteiger partial charge in [0.05, 0.1) is 11.3 Å². The van der Waals surface area contributed by atoms with Crippen molar-refractivity contribution >= 4 is 22.5 Å². The molecule has 29 heavy (non-hydrogen) atoms. The second-order valence-electron chi connectivity index (χ2n) is 6.78. The van der Waals surface area contributed by atoms with Gasteiger partial charge in [-0.3, -0.25) is 4.79 Å². The molecule has 2 aromatic carbocycles. The minimum atomic E-state index is -0.513. The lowest BCUT2D eigenvalue weighted by Crippen LogP contribution is -2.14. The van der Waals surface area contributed by atoms with Crippen molar-refractivity contribution < 1.29 is 9.72 Å². The minimum Gasteiger partial charge on any atom is -0.358 e. The molecule has 4 rings (SSSR count). The number of fused-ring (bicyclic) bond motifs is 1. The summed E-state index contributed by atoms with van der Waals surface area (Å²) in [6, 6.07) is 17.5. The highest BCUT2D eigenvalue weighted by molar-refractivity contribution is 6.13. The first kappa shape index (κ1) is 18.6. The number of ketones is 1. The van der Waals surface area contributed by atoms with Gasteiger partial charge >= 0.3 is 5.82 Å². The summed E-state index contributed by atoms with van der Waals surface area (Å²) in [5, 5.41) is 12.2. The van der Waals surface area contributed by atoms with Crippen LogP contribution in [-0.4, -0.2) is 24.8 Å². The summed E-state index contributed by atoms with van der Waals surface area (Å²) in [6.45, 7) is 4.26. The van der Waals surface area contributed by atoms with Crippen molar-refractivity contribution in [3.8, 4) is 11.3 Å². The molecule has 0 N–H and O–H groups in total. The Bertz CT molecular complexity index is 1220. The van der Waals surface area contributed by atoms with Crippen LogP contribution in [0.4, 0.5) is 5.82 Å². The molecule has 7 heteroatoms. The van der Waals surface area contributed by atoms with Gasteiger partial charge in [0.2, 0.25) is 5.78 Å². The molecule has 0 amide bonds. The fourth-order valence-corrected chi connectivity index (χ4v) is 3.83. The molecular formula is C22H20N4O3. The third kappa shape index (κ3) is 3.10. The summed E-state index contributed by atoms with van der Waals surface area (Å²) in [6.07, 6.45) is 1.19. The molecule has 7 nitrogen and oxygen atoms in total. The Balaban J connectivity index is 1.93. The second kappa shape index (κ2) is 7.35. The van der Waals surface area contributed by atoms with E-state index in [0.29, 0.717) is 17.9 Å². The van der Waals surface area contributed by atoms with Crippen LogP contribution in [0.5, 0.6) is 0 Å². The van der Waals surface area contributed by atoms with Crippen molar-refractivity contribution in [3.05, 3.63) is 82.3 Å². The van der Waals surface area contributed by atoms with E-state index in [2.05, 4.69) is 9.55 Å². The smallest absolute Gasteiger partial charge is 0.343 e. The number of para-hydroxylation sites is 1. The molecule has 0 aliphatic rings. The number of hydrogen-bond donors (Lipinski definition) is 0. The van der Waals surface area contributed by atoms with Crippen LogP contribution in [-0.2, 0) is 13.1 Å². The third-order valence-corrected chi connectivity index (χ3v) is 5.14. The zero-order valence-corrected chi connectivity index (χ0v) is 16.2. The van der Waals surface area contributed by atoms with E-state index >= 15 is 0 Å². The van der Waals surface area contributed by atoms with Gasteiger partial charge in [-0.05, 0) is 23.5 Å². The molecule has 0 atom stereocenters. The van der Waals surface area contributed by atoms with E-state index in [1.165, 1.54) is 10.8 Å². The number of nitrogens with zero attached hydrogens (tertiary/aromatic N) is 4. The van der Waals surface area contributed by atoms with Crippen LogP contribution in [0.2, 0.25) is 0 Å². The van der Waals surface area contributed by atoms with Crippen LogP contribution in [0.25, 0.3) is 22.2 Å². The quantitative estimate of drug-likeness (QED) is 0.274. The van der Waals surface area contributed by atoms with Crippen LogP contribution >= 0.6 is 0 Å². The zero-order chi connectivity index (χ0) is 20.5. The summed E-state index contributed by atoms with van der Waals surface area (Å²) < 4.78 is 3.47. The highest BCUT2D eigenvalue weighted by Crippen LogP contribution is 2.34. The van der Waals surface area contributed by atoms with Crippen molar-refractivity contribution in [2.24, 2.45) is 0 Å². The van der Waals surface area contributed by atoms with E-state index in [9.17, 15) is 14.9 Å². The highest BCUT2D eigenvalue weighted by atomic mass is 16.6. The Kier molecular flexibility index (Phi) is 4.72. The number of benzene rings is 2. The minimum absolute atomic E-state index is 0.139. The number of Topliss-reactive ketones (excluding diaryl/α,β-unsaturated/α-hetero) is 1. The number of imidazole rings is 1. The Labute approximate surface area is 167 Å². The molecule has 0 unspecified atom stereocenters. The molecular weight excluding hydrogens is 368 g/mol. The van der Waals surface area contributed by atoms with Gasteiger partial charge in [0.25, 0.3) is 0 Å². The molecule has 0 fully saturated rings. The predicted molar refractivity (Wildman–Crippen MR) is 111 cm³/mol. The molecule has 146 valence electrons. The SMILES string of the molecule is CCn1c(-c2ccccc2)c(C(=O)Cn2c([N+](=O)[O-])cnc2C)c2ccccc21. The highest BCUT2D eigenvalue weighted by Gasteiger charge is 2.27. The summed E-state index contributed by atoms with van der Waals surface area (Å²) in [5.74, 6) is 0.0679. The average Bonchev–Trinajstić information content (AvgIpc) is 3.26. The molecule has 0 saturated carbocycles. The third-order valence-electron chi connectivity index (χ3n) is 5.14. The molecule has 4 aromatic rings. The summed E-state index contributed by atoms with van der Waals surface area (Å²) >= 11 is 0. The number of rotatable bonds is 6. The number of carbonyl (C=O) groups excluding carboxylic acids is 1. The first-order valence-electron chi connectivity index (χ1n) is 9.39. The van der Waals surface area contributed by atoms with E-state index in [0.717, 1.165) is 22.2 Å². The Morgan fingerprint density at radius 2 is 1.76 bits per heavy atom. The number of hydrogen-bond acceptors (Lipinski definition) is 4. The normalized spacial score (nSPS) is 11.1. The van der Waals surface area contributed by atoms with E-state index in [-0.39, 0.29) is 18.1 Å². The predicted octanol–water partition coefficient (Wildman–Crippen LogP) is 4.62. The maximum atomic E-state index is 13.5. The first-order chi connectivity index (χ1) is 14.0. The molecule has 0 saturated heterocycles. The molecule has 0 spiro atoms. The van der Waals surface area contributed by atoms with E-state index < -0.39 is 4.92 Å². The van der Waals surface area contributed by atoms with Gasteiger partial charge in [0.1, 0.15) is 6.20 Å². The molecule has 2 aromatic heterocycles. The van der Waals surface area contributed by atoms with Crippen LogP contribution in [0.1, 0.15) is 23.1 Å². The maximum absolute atomic E-state index is 13.5. The zero-order valence-electron chi connectivity index (χ0n) is 16.2. The number of nitro groups is 1. The summed E-state index contributed by atoms with van der Waals surface area (Å²) in [5.41, 5.74) is 3.32. The Hall–Kier alpha value is -3.74. The van der Waals surface area contributed by atoms with Crippen LogP contribution < -0.4 is 0 Å². The van der Waals surface area contributed by atoms with E-state index in [1.807, 2.05) is 61.5 Å². The van der Waals surface area contributed by atoms with Gasteiger partial charge in [0.15, 0.2) is 12.4 Å². The Morgan fingerprint density at radius 1 is 1.07 bits per heavy atom. The first-order valence-corrected chi connectivity index (χ1v) is 9.39. The fraction of sp³-hybridized carbons (Fsp3) is 0.182. The van der Waals surface area contributed by atoms with Crippen molar-refractivity contribution in [1.29, 1.82) is 0 Å². The van der Waals surface area contributed by atoms with Crippen LogP contribution in [0, 0.1) is 17.0 Å². The van der Waals surface area contributed by atoms with Gasteiger partial charge in [-0.15, -0.1) is 0 Å². The van der Waals surface area contributed by atoms with Crippen LogP contribution in [0.3, 0.4) is 0 Å². The van der Waals surface area contributed by atoms with Crippen molar-refractivity contribution in [3.63, 3.8) is 0 Å². The maximum Gasteiger partial charge on any atom is 0.343 e. The van der Waals surface area contributed by atoms with Crippen LogP contribution in [0.15, 0.2) is 60.8 Å². The molecule has 0 aliphatic heterocycles. The van der Waals surface area contributed by atoms with Gasteiger partial charge in [0, 0.05) is 24.4 Å². The molecule has 0 bridgehead atoms. The van der Waals surface area contributed by atoms with Crippen molar-refractivity contribution in [2.45, 2.75) is 26.9 Å². The number of aryl methyl sites for hydroxylation is 2. The van der Waals surface area contributed by atoms with Gasteiger partial charge in [-0.2, -0.15) is 0 Å². The van der Waals surface area contributed by atoms with E-state index in [1.54, 1.807) is 6.92 Å². The molecule has 0 aliphatic carbocycles. The lowest BCUT2D eigenvalue weighted by molar-refractivity contribution is -0.392. The van der Waals surface area contributed by atoms with Crippen molar-refractivity contribution in [1.82, 2.24) is 14.1 Å². The van der Waals surface area contributed by atoms with Gasteiger partial charge < -0.3 is 14.7 Å². The largest absolute Gasteiger partial charge is 0.358 e. The lowest BCUT2D eigenvalue weighted by Gasteiger charge is -2.10. The number of carbonyl (C=O) groups is 1. The number of aromatic nitrogens is 3. The topological polar surface area (TPSA) is 83.0 Å². The fourth-order valence-electron chi connectivity index (χ4n) is 3.83. The standard InChI is InChI=1S/C22H20N4O3/c1-3-24-18-12-8-7-11-17(18)21(22(24)16-9-5-4-6-10-16)19(27)14-25-15(2)23-13-20(25)26(28)29/h4-13H,3,14H2,1-2H3. The van der Waals surface area contributed by atoms with E-state index in [4.69, 9.17) is 0 Å². The van der Waals surface area contributed by atoms with Crippen molar-refractivity contribution in [2.75, 3.05) is 0 Å². The Morgan fingerprint density at radius 3 is 2.45 bits per heavy atom. The lowest BCUT2D eigenvalue weighted by atomic mass is 10.0. The molecule has 0 radical (unpaired) electrons. The summed E-state index contributed by atoms with van der Waals surface area (Å²) in [4.78, 5) is 28.3.